The summed E-state index contributed by atoms with van der Waals surface area (Å²) in [4.78, 5) is 0. The number of hydrogen-bond donors (Lipinski definition) is 0. The van der Waals surface area contributed by atoms with Gasteiger partial charge in [-0.2, -0.15) is 0 Å². The predicted octanol–water partition coefficient (Wildman–Crippen LogP) is 2.12. The van der Waals surface area contributed by atoms with E-state index in [1.165, 1.54) is 0 Å². The van der Waals surface area contributed by atoms with Crippen LogP contribution >= 0.6 is 12.2 Å². The van der Waals surface area contributed by atoms with Crippen LogP contribution in [0.2, 0.25) is 0 Å². The van der Waals surface area contributed by atoms with Gasteiger partial charge >= 0.3 is 5.24 Å². The van der Waals surface area contributed by atoms with Gasteiger partial charge in [-0.15, -0.1) is 0 Å². The van der Waals surface area contributed by atoms with Crippen LogP contribution in [0.5, 0.6) is 0 Å². The fourth-order valence-electron chi connectivity index (χ4n) is 1.30. The molecule has 0 atom stereocenters. The average molecular weight is 174 g/mol. The first-order valence-electron chi connectivity index (χ1n) is 3.96. The van der Waals surface area contributed by atoms with Crippen molar-refractivity contribution >= 4 is 17.5 Å². The van der Waals surface area contributed by atoms with Gasteiger partial charge in [-0.3, -0.25) is 0 Å². The zero-order chi connectivity index (χ0) is 8.32. The highest BCUT2D eigenvalue weighted by molar-refractivity contribution is 7.79. The molecule has 0 aromatic heterocycles. The predicted molar refractivity (Wildman–Crippen MR) is 47.5 cm³/mol. The molecule has 0 bridgehead atoms. The van der Waals surface area contributed by atoms with Gasteiger partial charge in [-0.1, -0.05) is 20.3 Å². The Morgan fingerprint density at radius 2 is 2.00 bits per heavy atom. The Hall–Kier alpha value is -0.310. The van der Waals surface area contributed by atoms with Crippen molar-refractivity contribution in [2.24, 2.45) is 5.41 Å². The molecule has 0 unspecified atom stereocenters. The average Bonchev–Trinajstić information content (AvgIpc) is 1.97. The van der Waals surface area contributed by atoms with Crippen molar-refractivity contribution in [3.8, 4) is 0 Å². The molecule has 0 aromatic carbocycles. The van der Waals surface area contributed by atoms with E-state index in [0.29, 0.717) is 18.5 Å². The van der Waals surface area contributed by atoms with E-state index in [1.807, 2.05) is 0 Å². The third-order valence-corrected chi connectivity index (χ3v) is 2.17. The van der Waals surface area contributed by atoms with E-state index in [1.54, 1.807) is 0 Å². The van der Waals surface area contributed by atoms with Crippen LogP contribution in [0.3, 0.4) is 0 Å². The lowest BCUT2D eigenvalue weighted by atomic mass is 9.87. The minimum Gasteiger partial charge on any atom is -0.456 e. The molecule has 3 heteroatoms. The first-order chi connectivity index (χ1) is 5.16. The Morgan fingerprint density at radius 1 is 1.45 bits per heavy atom. The van der Waals surface area contributed by atoms with Gasteiger partial charge in [-0.05, 0) is 6.42 Å². The quantitative estimate of drug-likeness (QED) is 0.597. The van der Waals surface area contributed by atoms with E-state index in [4.69, 9.17) is 21.7 Å². The van der Waals surface area contributed by atoms with Gasteiger partial charge in [0, 0.05) is 17.6 Å². The monoisotopic (exact) mass is 174 g/mol. The first kappa shape index (κ1) is 8.78. The SMILES string of the molecule is CCCC1(C)COC(=S)OC1. The molecule has 2 nitrogen and oxygen atoms in total. The number of ether oxygens (including phenoxy) is 2. The number of rotatable bonds is 2. The van der Waals surface area contributed by atoms with Gasteiger partial charge in [-0.25, -0.2) is 0 Å². The van der Waals surface area contributed by atoms with Crippen LogP contribution in [0, 0.1) is 5.41 Å². The van der Waals surface area contributed by atoms with Gasteiger partial charge in [0.2, 0.25) is 0 Å². The first-order valence-corrected chi connectivity index (χ1v) is 4.37. The molecule has 1 saturated heterocycles. The maximum Gasteiger partial charge on any atom is 0.352 e. The zero-order valence-electron chi connectivity index (χ0n) is 7.05. The third-order valence-electron chi connectivity index (χ3n) is 1.93. The maximum atomic E-state index is 5.16. The summed E-state index contributed by atoms with van der Waals surface area (Å²) in [6.45, 7) is 5.75. The van der Waals surface area contributed by atoms with Crippen LogP contribution < -0.4 is 0 Å². The number of hydrogen-bond acceptors (Lipinski definition) is 3. The highest BCUT2D eigenvalue weighted by Gasteiger charge is 2.30. The summed E-state index contributed by atoms with van der Waals surface area (Å²) in [6.07, 6.45) is 2.30. The summed E-state index contributed by atoms with van der Waals surface area (Å²) in [7, 11) is 0. The third kappa shape index (κ3) is 2.33. The maximum absolute atomic E-state index is 5.16. The minimum absolute atomic E-state index is 0.178. The van der Waals surface area contributed by atoms with Crippen LogP contribution in [0.4, 0.5) is 0 Å². The molecule has 0 amide bonds. The standard InChI is InChI=1S/C8H14O2S/c1-3-4-8(2)5-9-7(11)10-6-8/h3-6H2,1-2H3. The number of thiocarbonyl (C=S) groups is 1. The molecular formula is C8H14O2S. The molecule has 1 aliphatic heterocycles. The summed E-state index contributed by atoms with van der Waals surface area (Å²) in [6, 6.07) is 0. The van der Waals surface area contributed by atoms with Gasteiger partial charge < -0.3 is 9.47 Å². The fraction of sp³-hybridized carbons (Fsp3) is 0.875. The molecule has 0 saturated carbocycles. The van der Waals surface area contributed by atoms with Crippen molar-refractivity contribution < 1.29 is 9.47 Å². The molecule has 0 radical (unpaired) electrons. The van der Waals surface area contributed by atoms with E-state index in [0.717, 1.165) is 12.8 Å². The zero-order valence-corrected chi connectivity index (χ0v) is 7.87. The van der Waals surface area contributed by atoms with Crippen molar-refractivity contribution in [1.29, 1.82) is 0 Å². The second-order valence-corrected chi connectivity index (χ2v) is 3.72. The minimum atomic E-state index is 0.178. The van der Waals surface area contributed by atoms with Crippen molar-refractivity contribution in [2.75, 3.05) is 13.2 Å². The van der Waals surface area contributed by atoms with E-state index in [9.17, 15) is 0 Å². The Morgan fingerprint density at radius 3 is 2.45 bits per heavy atom. The largest absolute Gasteiger partial charge is 0.456 e. The molecule has 1 heterocycles. The van der Waals surface area contributed by atoms with Gasteiger partial charge in [0.05, 0.1) is 0 Å². The highest BCUT2D eigenvalue weighted by Crippen LogP contribution is 2.27. The Bertz CT molecular complexity index is 146. The lowest BCUT2D eigenvalue weighted by Crippen LogP contribution is -2.36. The molecule has 1 aliphatic rings. The lowest BCUT2D eigenvalue weighted by molar-refractivity contribution is -0.00237. The van der Waals surface area contributed by atoms with E-state index >= 15 is 0 Å². The van der Waals surface area contributed by atoms with E-state index in [2.05, 4.69) is 13.8 Å². The van der Waals surface area contributed by atoms with Crippen LogP contribution in [0.1, 0.15) is 26.7 Å². The second kappa shape index (κ2) is 3.39. The topological polar surface area (TPSA) is 18.5 Å². The molecular weight excluding hydrogens is 160 g/mol. The van der Waals surface area contributed by atoms with Crippen molar-refractivity contribution in [3.05, 3.63) is 0 Å². The van der Waals surface area contributed by atoms with Crippen molar-refractivity contribution in [3.63, 3.8) is 0 Å². The van der Waals surface area contributed by atoms with Gasteiger partial charge in [0.25, 0.3) is 0 Å². The van der Waals surface area contributed by atoms with Gasteiger partial charge in [0.1, 0.15) is 13.2 Å². The Kier molecular flexibility index (Phi) is 2.71. The molecule has 0 aliphatic carbocycles. The van der Waals surface area contributed by atoms with Crippen molar-refractivity contribution in [2.45, 2.75) is 26.7 Å². The van der Waals surface area contributed by atoms with Crippen LogP contribution in [0.25, 0.3) is 0 Å². The summed E-state index contributed by atoms with van der Waals surface area (Å²) in [5.74, 6) is 0. The summed E-state index contributed by atoms with van der Waals surface area (Å²) in [5.41, 5.74) is 0.178. The smallest absolute Gasteiger partial charge is 0.352 e. The van der Waals surface area contributed by atoms with Crippen molar-refractivity contribution in [1.82, 2.24) is 0 Å². The highest BCUT2D eigenvalue weighted by atomic mass is 32.1. The van der Waals surface area contributed by atoms with Gasteiger partial charge in [0.15, 0.2) is 0 Å². The van der Waals surface area contributed by atoms with Crippen LogP contribution in [-0.2, 0) is 9.47 Å². The van der Waals surface area contributed by atoms with E-state index in [-0.39, 0.29) is 5.41 Å². The molecule has 1 fully saturated rings. The molecule has 0 N–H and O–H groups in total. The molecule has 64 valence electrons. The fourth-order valence-corrected chi connectivity index (χ4v) is 1.42. The summed E-state index contributed by atoms with van der Waals surface area (Å²) in [5, 5.41) is 0.304. The summed E-state index contributed by atoms with van der Waals surface area (Å²) < 4.78 is 10.3. The summed E-state index contributed by atoms with van der Waals surface area (Å²) >= 11 is 4.75. The second-order valence-electron chi connectivity index (χ2n) is 3.39. The Labute approximate surface area is 72.9 Å². The molecule has 0 aromatic rings. The lowest BCUT2D eigenvalue weighted by Gasteiger charge is -2.33. The Balaban J connectivity index is 2.41. The van der Waals surface area contributed by atoms with Crippen LogP contribution in [-0.4, -0.2) is 18.5 Å². The molecule has 0 spiro atoms. The molecule has 11 heavy (non-hydrogen) atoms. The molecule has 1 rings (SSSR count). The normalized spacial score (nSPS) is 22.2. The van der Waals surface area contributed by atoms with Crippen LogP contribution in [0.15, 0.2) is 0 Å². The van der Waals surface area contributed by atoms with E-state index < -0.39 is 0 Å².